The van der Waals surface area contributed by atoms with Crippen LogP contribution >= 0.6 is 0 Å². The molecule has 0 radical (unpaired) electrons. The van der Waals surface area contributed by atoms with Crippen LogP contribution in [0.1, 0.15) is 37.9 Å². The molecule has 1 N–H and O–H groups in total. The minimum Gasteiger partial charge on any atom is -0.508 e. The molecule has 2 aliphatic rings. The fourth-order valence-corrected chi connectivity index (χ4v) is 6.44. The van der Waals surface area contributed by atoms with Gasteiger partial charge in [0, 0.05) is 6.20 Å². The topological polar surface area (TPSA) is 76.5 Å². The van der Waals surface area contributed by atoms with Gasteiger partial charge >= 0.3 is 0 Å². The standard InChI is InChI=1S/C24H27NO4S/c1-16(2)20-15-30(27,28)23-14-29-22(24(20)23)11-8-18(21-5-3-4-12-25-21)13-17-6-9-19(26)10-7-17/h3-7,9-10,12-13,16,22-23,26H,8,11,14-15H2,1-2H3/b18-13-/t22-,23+/m1/s1. The fourth-order valence-electron chi connectivity index (χ4n) is 4.33. The van der Waals surface area contributed by atoms with E-state index in [1.54, 1.807) is 18.3 Å². The van der Waals surface area contributed by atoms with E-state index in [9.17, 15) is 13.5 Å². The molecule has 0 aliphatic carbocycles. The third kappa shape index (κ3) is 4.20. The van der Waals surface area contributed by atoms with E-state index in [1.807, 2.05) is 30.3 Å². The van der Waals surface area contributed by atoms with E-state index in [2.05, 4.69) is 24.9 Å². The molecule has 0 bridgehead atoms. The van der Waals surface area contributed by atoms with Gasteiger partial charge in [-0.15, -0.1) is 0 Å². The molecule has 5 nitrogen and oxygen atoms in total. The first-order valence-corrected chi connectivity index (χ1v) is 12.0. The van der Waals surface area contributed by atoms with Crippen LogP contribution in [0, 0.1) is 5.92 Å². The first-order chi connectivity index (χ1) is 14.3. The maximum absolute atomic E-state index is 12.6. The highest BCUT2D eigenvalue weighted by molar-refractivity contribution is 7.92. The molecule has 3 heterocycles. The Bertz CT molecular complexity index is 1070. The van der Waals surface area contributed by atoms with Gasteiger partial charge in [-0.25, -0.2) is 8.42 Å². The van der Waals surface area contributed by atoms with Crippen LogP contribution in [0.15, 0.2) is 59.8 Å². The number of aromatic hydroxyl groups is 1. The summed E-state index contributed by atoms with van der Waals surface area (Å²) in [6.45, 7) is 4.37. The predicted molar refractivity (Wildman–Crippen MR) is 119 cm³/mol. The molecule has 30 heavy (non-hydrogen) atoms. The first kappa shape index (κ1) is 20.8. The SMILES string of the molecule is CC(C)C1=C2[C@@H](CC/C(=C/c3ccc(O)cc3)c3ccccn3)OC[C@@H]2S(=O)(=O)C1. The lowest BCUT2D eigenvalue weighted by Crippen LogP contribution is -2.19. The van der Waals surface area contributed by atoms with Gasteiger partial charge in [-0.05, 0) is 71.4 Å². The van der Waals surface area contributed by atoms with Gasteiger partial charge in [0.25, 0.3) is 0 Å². The van der Waals surface area contributed by atoms with Gasteiger partial charge in [-0.3, -0.25) is 4.98 Å². The summed E-state index contributed by atoms with van der Waals surface area (Å²) in [7, 11) is -3.14. The smallest absolute Gasteiger partial charge is 0.163 e. The molecule has 6 heteroatoms. The lowest BCUT2D eigenvalue weighted by atomic mass is 9.91. The van der Waals surface area contributed by atoms with Crippen LogP contribution in [-0.4, -0.2) is 42.2 Å². The molecule has 1 saturated heterocycles. The van der Waals surface area contributed by atoms with Gasteiger partial charge in [0.15, 0.2) is 9.84 Å². The van der Waals surface area contributed by atoms with Gasteiger partial charge in [0.05, 0.1) is 24.2 Å². The van der Waals surface area contributed by atoms with Crippen molar-refractivity contribution in [3.8, 4) is 5.75 Å². The van der Waals surface area contributed by atoms with Crippen molar-refractivity contribution in [3.05, 3.63) is 71.1 Å². The summed E-state index contributed by atoms with van der Waals surface area (Å²) in [6, 6.07) is 12.9. The zero-order valence-corrected chi connectivity index (χ0v) is 18.1. The fraction of sp³-hybridized carbons (Fsp3) is 0.375. The van der Waals surface area contributed by atoms with Crippen molar-refractivity contribution in [2.45, 2.75) is 38.0 Å². The highest BCUT2D eigenvalue weighted by atomic mass is 32.2. The average Bonchev–Trinajstić information content (AvgIpc) is 3.27. The Morgan fingerprint density at radius 1 is 1.23 bits per heavy atom. The van der Waals surface area contributed by atoms with Gasteiger partial charge in [-0.1, -0.05) is 32.0 Å². The Morgan fingerprint density at radius 2 is 2.00 bits per heavy atom. The van der Waals surface area contributed by atoms with Crippen molar-refractivity contribution in [2.24, 2.45) is 5.92 Å². The molecule has 0 amide bonds. The van der Waals surface area contributed by atoms with E-state index in [4.69, 9.17) is 4.74 Å². The van der Waals surface area contributed by atoms with Gasteiger partial charge < -0.3 is 9.84 Å². The number of allylic oxidation sites excluding steroid dienone is 1. The Balaban J connectivity index is 1.60. The largest absolute Gasteiger partial charge is 0.508 e. The number of fused-ring (bicyclic) bond motifs is 1. The molecule has 2 aliphatic heterocycles. The lowest BCUT2D eigenvalue weighted by Gasteiger charge is -2.17. The summed E-state index contributed by atoms with van der Waals surface area (Å²) in [4.78, 5) is 4.50. The summed E-state index contributed by atoms with van der Waals surface area (Å²) < 4.78 is 31.1. The van der Waals surface area contributed by atoms with Crippen molar-refractivity contribution in [1.82, 2.24) is 4.98 Å². The quantitative estimate of drug-likeness (QED) is 0.700. The highest BCUT2D eigenvalue weighted by Crippen LogP contribution is 2.41. The number of sulfone groups is 1. The molecular formula is C24H27NO4S. The third-order valence-corrected chi connectivity index (χ3v) is 7.87. The Morgan fingerprint density at radius 3 is 2.67 bits per heavy atom. The second-order valence-corrected chi connectivity index (χ2v) is 10.5. The zero-order chi connectivity index (χ0) is 21.3. The lowest BCUT2D eigenvalue weighted by molar-refractivity contribution is 0.118. The van der Waals surface area contributed by atoms with E-state index in [1.165, 1.54) is 0 Å². The van der Waals surface area contributed by atoms with Crippen LogP contribution in [0.2, 0.25) is 0 Å². The van der Waals surface area contributed by atoms with Crippen LogP contribution in [0.25, 0.3) is 11.6 Å². The van der Waals surface area contributed by atoms with Gasteiger partial charge in [0.2, 0.25) is 0 Å². The number of hydrogen-bond acceptors (Lipinski definition) is 5. The van der Waals surface area contributed by atoms with Crippen molar-refractivity contribution in [1.29, 1.82) is 0 Å². The number of benzene rings is 1. The third-order valence-electron chi connectivity index (χ3n) is 5.90. The predicted octanol–water partition coefficient (Wildman–Crippen LogP) is 4.26. The number of aromatic nitrogens is 1. The molecular weight excluding hydrogens is 398 g/mol. The maximum atomic E-state index is 12.6. The van der Waals surface area contributed by atoms with Crippen LogP contribution < -0.4 is 0 Å². The zero-order valence-electron chi connectivity index (χ0n) is 17.3. The van der Waals surface area contributed by atoms with E-state index < -0.39 is 15.1 Å². The Labute approximate surface area is 178 Å². The molecule has 0 spiro atoms. The second kappa shape index (κ2) is 8.36. The highest BCUT2D eigenvalue weighted by Gasteiger charge is 2.47. The molecule has 1 aromatic heterocycles. The average molecular weight is 426 g/mol. The summed E-state index contributed by atoms with van der Waals surface area (Å²) in [5.74, 6) is 0.598. The number of phenols is 1. The molecule has 1 aromatic carbocycles. The van der Waals surface area contributed by atoms with Crippen molar-refractivity contribution >= 4 is 21.5 Å². The molecule has 1 fully saturated rings. The molecule has 0 unspecified atom stereocenters. The monoisotopic (exact) mass is 425 g/mol. The summed E-state index contributed by atoms with van der Waals surface area (Å²) >= 11 is 0. The van der Waals surface area contributed by atoms with Crippen LogP contribution in [0.5, 0.6) is 5.75 Å². The normalized spacial score (nSPS) is 23.2. The molecule has 2 aromatic rings. The number of rotatable bonds is 6. The van der Waals surface area contributed by atoms with Gasteiger partial charge in [0.1, 0.15) is 11.0 Å². The van der Waals surface area contributed by atoms with Crippen molar-refractivity contribution in [3.63, 3.8) is 0 Å². The minimum atomic E-state index is -3.14. The van der Waals surface area contributed by atoms with E-state index in [0.717, 1.165) is 28.0 Å². The molecule has 2 atom stereocenters. The number of phenolic OH excluding ortho intramolecular Hbond substituents is 1. The number of hydrogen-bond donors (Lipinski definition) is 1. The first-order valence-electron chi connectivity index (χ1n) is 10.3. The molecule has 158 valence electrons. The Kier molecular flexibility index (Phi) is 5.80. The second-order valence-electron chi connectivity index (χ2n) is 8.27. The molecule has 4 rings (SSSR count). The van der Waals surface area contributed by atoms with E-state index in [0.29, 0.717) is 12.8 Å². The van der Waals surface area contributed by atoms with Crippen molar-refractivity contribution in [2.75, 3.05) is 12.4 Å². The van der Waals surface area contributed by atoms with E-state index >= 15 is 0 Å². The number of pyridine rings is 1. The van der Waals surface area contributed by atoms with Crippen LogP contribution in [-0.2, 0) is 14.6 Å². The van der Waals surface area contributed by atoms with Crippen LogP contribution in [0.4, 0.5) is 0 Å². The Hall–Kier alpha value is -2.44. The van der Waals surface area contributed by atoms with E-state index in [-0.39, 0.29) is 30.1 Å². The van der Waals surface area contributed by atoms with Crippen molar-refractivity contribution < 1.29 is 18.3 Å². The van der Waals surface area contributed by atoms with Crippen LogP contribution in [0.3, 0.4) is 0 Å². The summed E-state index contributed by atoms with van der Waals surface area (Å²) in [5.41, 5.74) is 4.95. The number of nitrogens with zero attached hydrogens (tertiary/aromatic N) is 1. The van der Waals surface area contributed by atoms with Gasteiger partial charge in [-0.2, -0.15) is 0 Å². The number of ether oxygens (including phenoxy) is 1. The summed E-state index contributed by atoms with van der Waals surface area (Å²) in [5, 5.41) is 9.08. The molecule has 0 saturated carbocycles. The summed E-state index contributed by atoms with van der Waals surface area (Å²) in [6.07, 6.45) is 5.08. The minimum absolute atomic E-state index is 0.168. The maximum Gasteiger partial charge on any atom is 0.163 e.